The number of ether oxygens (including phenoxy) is 1. The van der Waals surface area contributed by atoms with E-state index in [-0.39, 0.29) is 24.8 Å². The summed E-state index contributed by atoms with van der Waals surface area (Å²) in [6.07, 6.45) is 0. The maximum atomic E-state index is 12.2. The number of hydrogen-bond donors (Lipinski definition) is 1. The van der Waals surface area contributed by atoms with Gasteiger partial charge in [0.25, 0.3) is 5.91 Å². The Morgan fingerprint density at radius 2 is 1.56 bits per heavy atom. The van der Waals surface area contributed by atoms with E-state index >= 15 is 0 Å². The molecule has 25 heavy (non-hydrogen) atoms. The van der Waals surface area contributed by atoms with Crippen molar-refractivity contribution < 1.29 is 19.1 Å². The molecule has 0 atom stereocenters. The Hall–Kier alpha value is -2.95. The minimum Gasteiger partial charge on any atom is -0.456 e. The van der Waals surface area contributed by atoms with E-state index < -0.39 is 5.97 Å². The predicted molar refractivity (Wildman–Crippen MR) is 94.7 cm³/mol. The predicted octanol–water partition coefficient (Wildman–Crippen LogP) is 2.77. The van der Waals surface area contributed by atoms with Crippen molar-refractivity contribution in [1.29, 1.82) is 0 Å². The number of esters is 1. The lowest BCUT2D eigenvalue weighted by atomic mass is 9.98. The average Bonchev–Trinajstić information content (AvgIpc) is 2.61. The molecule has 0 aliphatic heterocycles. The number of aryl methyl sites for hydroxylation is 3. The van der Waals surface area contributed by atoms with Gasteiger partial charge in [-0.3, -0.25) is 14.4 Å². The van der Waals surface area contributed by atoms with Gasteiger partial charge in [-0.05, 0) is 55.7 Å². The van der Waals surface area contributed by atoms with E-state index in [0.29, 0.717) is 11.1 Å². The van der Waals surface area contributed by atoms with Gasteiger partial charge in [0.2, 0.25) is 5.78 Å². The second-order valence-electron chi connectivity index (χ2n) is 5.88. The molecule has 5 heteroatoms. The highest BCUT2D eigenvalue weighted by Gasteiger charge is 2.14. The van der Waals surface area contributed by atoms with Crippen LogP contribution in [0.4, 0.5) is 0 Å². The third-order valence-electron chi connectivity index (χ3n) is 3.93. The van der Waals surface area contributed by atoms with Gasteiger partial charge in [0.05, 0.1) is 0 Å². The van der Waals surface area contributed by atoms with Crippen LogP contribution in [0.25, 0.3) is 0 Å². The number of carbonyl (C=O) groups is 3. The first-order valence-electron chi connectivity index (χ1n) is 7.98. The summed E-state index contributed by atoms with van der Waals surface area (Å²) in [5, 5.41) is 2.47. The van der Waals surface area contributed by atoms with E-state index in [1.165, 1.54) is 0 Å². The molecule has 0 spiro atoms. The third-order valence-corrected chi connectivity index (χ3v) is 3.93. The number of hydrogen-bond acceptors (Lipinski definition) is 4. The van der Waals surface area contributed by atoms with Gasteiger partial charge in [0.1, 0.15) is 6.54 Å². The zero-order chi connectivity index (χ0) is 18.4. The maximum Gasteiger partial charge on any atom is 0.325 e. The van der Waals surface area contributed by atoms with Crippen LogP contribution in [0.2, 0.25) is 0 Å². The third kappa shape index (κ3) is 5.01. The molecule has 0 bridgehead atoms. The Bertz CT molecular complexity index is 797. The molecule has 2 aromatic carbocycles. The van der Waals surface area contributed by atoms with Crippen LogP contribution >= 0.6 is 0 Å². The van der Waals surface area contributed by atoms with E-state index in [4.69, 9.17) is 4.74 Å². The molecule has 2 rings (SSSR count). The highest BCUT2D eigenvalue weighted by molar-refractivity contribution is 6.00. The first-order chi connectivity index (χ1) is 11.9. The quantitative estimate of drug-likeness (QED) is 0.649. The Kier molecular flexibility index (Phi) is 6.06. The van der Waals surface area contributed by atoms with Crippen LogP contribution in [-0.4, -0.2) is 30.8 Å². The summed E-state index contributed by atoms with van der Waals surface area (Å²) in [7, 11) is 0. The average molecular weight is 339 g/mol. The fraction of sp³-hybridized carbons (Fsp3) is 0.250. The summed E-state index contributed by atoms with van der Waals surface area (Å²) >= 11 is 0. The van der Waals surface area contributed by atoms with Crippen molar-refractivity contribution >= 4 is 17.7 Å². The van der Waals surface area contributed by atoms with Crippen molar-refractivity contribution in [2.24, 2.45) is 0 Å². The Morgan fingerprint density at radius 3 is 2.24 bits per heavy atom. The normalized spacial score (nSPS) is 10.2. The van der Waals surface area contributed by atoms with Crippen LogP contribution in [-0.2, 0) is 9.53 Å². The molecule has 0 radical (unpaired) electrons. The second-order valence-corrected chi connectivity index (χ2v) is 5.88. The van der Waals surface area contributed by atoms with Gasteiger partial charge in [-0.2, -0.15) is 0 Å². The number of nitrogens with one attached hydrogen (secondary N) is 1. The fourth-order valence-corrected chi connectivity index (χ4v) is 2.38. The van der Waals surface area contributed by atoms with Crippen LogP contribution in [0, 0.1) is 20.8 Å². The Labute approximate surface area is 147 Å². The molecule has 0 unspecified atom stereocenters. The van der Waals surface area contributed by atoms with Crippen molar-refractivity contribution in [2.75, 3.05) is 13.2 Å². The topological polar surface area (TPSA) is 72.5 Å². The zero-order valence-electron chi connectivity index (χ0n) is 14.6. The first kappa shape index (κ1) is 18.4. The number of Topliss-reactive ketones (excluding diaryl/α,β-unsaturated/α-hetero) is 1. The van der Waals surface area contributed by atoms with E-state index in [9.17, 15) is 14.4 Å². The van der Waals surface area contributed by atoms with Gasteiger partial charge in [0.15, 0.2) is 6.61 Å². The van der Waals surface area contributed by atoms with Crippen molar-refractivity contribution in [1.82, 2.24) is 5.32 Å². The van der Waals surface area contributed by atoms with Crippen LogP contribution in [0.15, 0.2) is 42.5 Å². The standard InChI is InChI=1S/C20H21NO4/c1-13-9-15(3)17(10-14(13)2)18(22)12-25-19(23)11-21-20(24)16-7-5-4-6-8-16/h4-10H,11-12H2,1-3H3,(H,21,24). The molecule has 0 aliphatic carbocycles. The molecule has 0 fully saturated rings. The number of amides is 1. The summed E-state index contributed by atoms with van der Waals surface area (Å²) in [6.45, 7) is 5.13. The zero-order valence-corrected chi connectivity index (χ0v) is 14.6. The molecule has 0 heterocycles. The molecule has 0 saturated heterocycles. The lowest BCUT2D eigenvalue weighted by Gasteiger charge is -2.10. The van der Waals surface area contributed by atoms with Crippen LogP contribution in [0.5, 0.6) is 0 Å². The minimum absolute atomic E-state index is 0.261. The molecule has 2 aromatic rings. The van der Waals surface area contributed by atoms with Gasteiger partial charge in [0, 0.05) is 11.1 Å². The van der Waals surface area contributed by atoms with Gasteiger partial charge in [-0.25, -0.2) is 0 Å². The smallest absolute Gasteiger partial charge is 0.325 e. The van der Waals surface area contributed by atoms with Gasteiger partial charge < -0.3 is 10.1 Å². The SMILES string of the molecule is Cc1cc(C)c(C(=O)COC(=O)CNC(=O)c2ccccc2)cc1C. The van der Waals surface area contributed by atoms with E-state index in [2.05, 4.69) is 5.32 Å². The molecule has 0 aromatic heterocycles. The molecule has 1 N–H and O–H groups in total. The largest absolute Gasteiger partial charge is 0.456 e. The van der Waals surface area contributed by atoms with Gasteiger partial charge in [-0.15, -0.1) is 0 Å². The molecule has 1 amide bonds. The molecule has 0 aliphatic rings. The summed E-state index contributed by atoms with van der Waals surface area (Å²) < 4.78 is 4.97. The highest BCUT2D eigenvalue weighted by Crippen LogP contribution is 2.16. The number of rotatable bonds is 6. The summed E-state index contributed by atoms with van der Waals surface area (Å²) in [5.41, 5.74) is 3.97. The van der Waals surface area contributed by atoms with Gasteiger partial charge >= 0.3 is 5.97 Å². The van der Waals surface area contributed by atoms with Crippen molar-refractivity contribution in [3.8, 4) is 0 Å². The van der Waals surface area contributed by atoms with Gasteiger partial charge in [-0.1, -0.05) is 24.3 Å². The van der Waals surface area contributed by atoms with Crippen LogP contribution < -0.4 is 5.32 Å². The lowest BCUT2D eigenvalue weighted by molar-refractivity contribution is -0.141. The fourth-order valence-electron chi connectivity index (χ4n) is 2.38. The Balaban J connectivity index is 1.85. The number of carbonyl (C=O) groups excluding carboxylic acids is 3. The molecule has 5 nitrogen and oxygen atoms in total. The molecular weight excluding hydrogens is 318 g/mol. The molecule has 130 valence electrons. The summed E-state index contributed by atoms with van der Waals surface area (Å²) in [4.78, 5) is 35.8. The summed E-state index contributed by atoms with van der Waals surface area (Å²) in [6, 6.07) is 12.3. The highest BCUT2D eigenvalue weighted by atomic mass is 16.5. The van der Waals surface area contributed by atoms with E-state index in [1.54, 1.807) is 36.4 Å². The van der Waals surface area contributed by atoms with Crippen LogP contribution in [0.3, 0.4) is 0 Å². The molecular formula is C20H21NO4. The van der Waals surface area contributed by atoms with Crippen LogP contribution in [0.1, 0.15) is 37.4 Å². The number of benzene rings is 2. The first-order valence-corrected chi connectivity index (χ1v) is 7.98. The van der Waals surface area contributed by atoms with Crippen molar-refractivity contribution in [3.05, 3.63) is 70.3 Å². The van der Waals surface area contributed by atoms with Crippen molar-refractivity contribution in [2.45, 2.75) is 20.8 Å². The summed E-state index contributed by atoms with van der Waals surface area (Å²) in [5.74, 6) is -1.28. The monoisotopic (exact) mass is 339 g/mol. The van der Waals surface area contributed by atoms with Crippen molar-refractivity contribution in [3.63, 3.8) is 0 Å². The minimum atomic E-state index is -0.654. The van der Waals surface area contributed by atoms with E-state index in [1.807, 2.05) is 26.8 Å². The molecule has 0 saturated carbocycles. The van der Waals surface area contributed by atoms with E-state index in [0.717, 1.165) is 16.7 Å². The Morgan fingerprint density at radius 1 is 0.920 bits per heavy atom. The number of ketones is 1. The second kappa shape index (κ2) is 8.24. The maximum absolute atomic E-state index is 12.2. The lowest BCUT2D eigenvalue weighted by Crippen LogP contribution is -2.31.